The van der Waals surface area contributed by atoms with E-state index in [0.29, 0.717) is 11.1 Å². The number of hydrogen-bond acceptors (Lipinski definition) is 4. The fraction of sp³-hybridized carbons (Fsp3) is 0.400. The highest BCUT2D eigenvalue weighted by atomic mass is 35.5. The van der Waals surface area contributed by atoms with E-state index < -0.39 is 5.41 Å². The molecule has 2 heterocycles. The Bertz CT molecular complexity index is 779. The smallest absolute Gasteiger partial charge is 0.147 e. The van der Waals surface area contributed by atoms with Gasteiger partial charge in [0.25, 0.3) is 0 Å². The maximum atomic E-state index is 9.28. The van der Waals surface area contributed by atoms with Gasteiger partial charge in [-0.15, -0.1) is 0 Å². The molecule has 2 aromatic rings. The van der Waals surface area contributed by atoms with Crippen molar-refractivity contribution in [1.82, 2.24) is 4.98 Å². The molecule has 0 bridgehead atoms. The summed E-state index contributed by atoms with van der Waals surface area (Å²) >= 11 is 6.29. The van der Waals surface area contributed by atoms with E-state index in [1.807, 2.05) is 26.0 Å². The second-order valence-corrected chi connectivity index (χ2v) is 7.49. The molecule has 0 N–H and O–H groups in total. The van der Waals surface area contributed by atoms with Gasteiger partial charge in [-0.3, -0.25) is 0 Å². The average molecular weight is 355 g/mol. The van der Waals surface area contributed by atoms with Crippen molar-refractivity contribution in [3.63, 3.8) is 0 Å². The third-order valence-corrected chi connectivity index (χ3v) is 5.16. The zero-order valence-electron chi connectivity index (χ0n) is 14.9. The second kappa shape index (κ2) is 6.93. The molecule has 3 rings (SSSR count). The molecule has 4 nitrogen and oxygen atoms in total. The molecule has 5 heteroatoms. The SMILES string of the molecule is C[C@@H]1CN(c2ncccc2Cl)CCN1c1ccc(C(C)(C)C#N)cc1. The van der Waals surface area contributed by atoms with Crippen LogP contribution in [0.2, 0.25) is 5.02 Å². The lowest BCUT2D eigenvalue weighted by molar-refractivity contribution is 0.547. The number of halogens is 1. The standard InChI is InChI=1S/C20H23ClN4/c1-15-13-24(19-18(21)5-4-10-23-19)11-12-25(15)17-8-6-16(7-9-17)20(2,3)14-22/h4-10,15H,11-13H2,1-3H3/t15-/m1/s1. The van der Waals surface area contributed by atoms with Gasteiger partial charge in [0.05, 0.1) is 16.5 Å². The van der Waals surface area contributed by atoms with Crippen LogP contribution in [0.25, 0.3) is 0 Å². The predicted octanol–water partition coefficient (Wildman–Crippen LogP) is 4.25. The Labute approximate surface area is 154 Å². The first-order valence-corrected chi connectivity index (χ1v) is 8.94. The summed E-state index contributed by atoms with van der Waals surface area (Å²) in [5.41, 5.74) is 1.78. The van der Waals surface area contributed by atoms with Crippen LogP contribution in [-0.2, 0) is 5.41 Å². The highest BCUT2D eigenvalue weighted by Gasteiger charge is 2.26. The highest BCUT2D eigenvalue weighted by Crippen LogP contribution is 2.29. The molecule has 0 saturated carbocycles. The summed E-state index contributed by atoms with van der Waals surface area (Å²) in [5.74, 6) is 0.863. The summed E-state index contributed by atoms with van der Waals surface area (Å²) < 4.78 is 0. The first-order valence-electron chi connectivity index (χ1n) is 8.56. The van der Waals surface area contributed by atoms with Crippen LogP contribution in [0.15, 0.2) is 42.6 Å². The summed E-state index contributed by atoms with van der Waals surface area (Å²) in [5, 5.41) is 9.98. The Morgan fingerprint density at radius 3 is 2.52 bits per heavy atom. The third-order valence-electron chi connectivity index (χ3n) is 4.87. The van der Waals surface area contributed by atoms with Gasteiger partial charge >= 0.3 is 0 Å². The van der Waals surface area contributed by atoms with Crippen molar-refractivity contribution in [3.8, 4) is 6.07 Å². The van der Waals surface area contributed by atoms with Gasteiger partial charge in [-0.1, -0.05) is 23.7 Å². The number of nitrogens with zero attached hydrogens (tertiary/aromatic N) is 4. The van der Waals surface area contributed by atoms with Gasteiger partial charge in [0.15, 0.2) is 0 Å². The number of hydrogen-bond donors (Lipinski definition) is 0. The van der Waals surface area contributed by atoms with Gasteiger partial charge in [-0.2, -0.15) is 5.26 Å². The lowest BCUT2D eigenvalue weighted by Crippen LogP contribution is -2.52. The topological polar surface area (TPSA) is 43.2 Å². The van der Waals surface area contributed by atoms with Crippen molar-refractivity contribution in [2.75, 3.05) is 29.4 Å². The van der Waals surface area contributed by atoms with E-state index in [4.69, 9.17) is 11.6 Å². The quantitative estimate of drug-likeness (QED) is 0.826. The number of anilines is 2. The van der Waals surface area contributed by atoms with Crippen molar-refractivity contribution < 1.29 is 0 Å². The maximum Gasteiger partial charge on any atom is 0.147 e. The molecule has 1 aliphatic heterocycles. The second-order valence-electron chi connectivity index (χ2n) is 7.08. The minimum absolute atomic E-state index is 0.349. The van der Waals surface area contributed by atoms with E-state index in [1.165, 1.54) is 5.69 Å². The van der Waals surface area contributed by atoms with Crippen LogP contribution >= 0.6 is 11.6 Å². The average Bonchev–Trinajstić information content (AvgIpc) is 2.62. The Morgan fingerprint density at radius 1 is 1.20 bits per heavy atom. The van der Waals surface area contributed by atoms with Crippen LogP contribution < -0.4 is 9.80 Å². The molecule has 0 radical (unpaired) electrons. The van der Waals surface area contributed by atoms with Crippen molar-refractivity contribution in [1.29, 1.82) is 5.26 Å². The van der Waals surface area contributed by atoms with E-state index in [1.54, 1.807) is 6.20 Å². The van der Waals surface area contributed by atoms with Crippen LogP contribution in [0.3, 0.4) is 0 Å². The monoisotopic (exact) mass is 354 g/mol. The van der Waals surface area contributed by atoms with Crippen molar-refractivity contribution >= 4 is 23.1 Å². The Morgan fingerprint density at radius 2 is 1.92 bits per heavy atom. The van der Waals surface area contributed by atoms with Gasteiger partial charge in [0.1, 0.15) is 5.82 Å². The molecule has 0 unspecified atom stereocenters. The Hall–Kier alpha value is -2.25. The van der Waals surface area contributed by atoms with Gasteiger partial charge < -0.3 is 9.80 Å². The molecule has 0 spiro atoms. The summed E-state index contributed by atoms with van der Waals surface area (Å²) in [7, 11) is 0. The lowest BCUT2D eigenvalue weighted by Gasteiger charge is -2.42. The molecular weight excluding hydrogens is 332 g/mol. The molecular formula is C20H23ClN4. The number of aromatic nitrogens is 1. The minimum Gasteiger partial charge on any atom is -0.365 e. The molecule has 25 heavy (non-hydrogen) atoms. The number of benzene rings is 1. The van der Waals surface area contributed by atoms with E-state index >= 15 is 0 Å². The van der Waals surface area contributed by atoms with E-state index in [0.717, 1.165) is 31.0 Å². The highest BCUT2D eigenvalue weighted by molar-refractivity contribution is 6.32. The molecule has 0 amide bonds. The molecule has 1 aromatic heterocycles. The van der Waals surface area contributed by atoms with Gasteiger partial charge in [-0.25, -0.2) is 4.98 Å². The van der Waals surface area contributed by atoms with Gasteiger partial charge in [0, 0.05) is 37.6 Å². The number of rotatable bonds is 3. The predicted molar refractivity (Wildman–Crippen MR) is 103 cm³/mol. The molecule has 0 aliphatic carbocycles. The van der Waals surface area contributed by atoms with Crippen LogP contribution in [0.1, 0.15) is 26.3 Å². The number of piperazine rings is 1. The first-order chi connectivity index (χ1) is 11.9. The maximum absolute atomic E-state index is 9.28. The van der Waals surface area contributed by atoms with E-state index in [-0.39, 0.29) is 0 Å². The summed E-state index contributed by atoms with van der Waals surface area (Å²) in [6, 6.07) is 14.8. The fourth-order valence-corrected chi connectivity index (χ4v) is 3.52. The van der Waals surface area contributed by atoms with E-state index in [9.17, 15) is 5.26 Å². The van der Waals surface area contributed by atoms with Crippen LogP contribution in [0.4, 0.5) is 11.5 Å². The molecule has 1 saturated heterocycles. The zero-order valence-corrected chi connectivity index (χ0v) is 15.7. The Balaban J connectivity index is 1.74. The normalized spacial score (nSPS) is 18.1. The molecule has 1 aromatic carbocycles. The summed E-state index contributed by atoms with van der Waals surface area (Å²) in [6.45, 7) is 8.78. The van der Waals surface area contributed by atoms with Gasteiger partial charge in [-0.05, 0) is 50.6 Å². The largest absolute Gasteiger partial charge is 0.365 e. The summed E-state index contributed by atoms with van der Waals surface area (Å²) in [6.07, 6.45) is 1.79. The molecule has 130 valence electrons. The van der Waals surface area contributed by atoms with E-state index in [2.05, 4.69) is 52.0 Å². The van der Waals surface area contributed by atoms with Crippen molar-refractivity contribution in [3.05, 3.63) is 53.2 Å². The zero-order chi connectivity index (χ0) is 18.0. The van der Waals surface area contributed by atoms with Crippen LogP contribution in [0, 0.1) is 11.3 Å². The first kappa shape index (κ1) is 17.6. The summed E-state index contributed by atoms with van der Waals surface area (Å²) in [4.78, 5) is 9.07. The number of pyridine rings is 1. The number of nitriles is 1. The third kappa shape index (κ3) is 3.57. The fourth-order valence-electron chi connectivity index (χ4n) is 3.28. The molecule has 1 atom stereocenters. The minimum atomic E-state index is -0.460. The Kier molecular flexibility index (Phi) is 4.87. The lowest BCUT2D eigenvalue weighted by atomic mass is 9.86. The van der Waals surface area contributed by atoms with Crippen LogP contribution in [0.5, 0.6) is 0 Å². The van der Waals surface area contributed by atoms with Crippen molar-refractivity contribution in [2.45, 2.75) is 32.2 Å². The van der Waals surface area contributed by atoms with Gasteiger partial charge in [0.2, 0.25) is 0 Å². The van der Waals surface area contributed by atoms with Crippen LogP contribution in [-0.4, -0.2) is 30.7 Å². The van der Waals surface area contributed by atoms with Crippen molar-refractivity contribution in [2.24, 2.45) is 0 Å². The molecule has 1 aliphatic rings. The molecule has 1 fully saturated rings.